The Bertz CT molecular complexity index is 722. The fourth-order valence-corrected chi connectivity index (χ4v) is 4.66. The number of rotatable bonds is 6. The van der Waals surface area contributed by atoms with E-state index >= 15 is 0 Å². The summed E-state index contributed by atoms with van der Waals surface area (Å²) in [5.74, 6) is -0.0322. The molecule has 0 spiro atoms. The third-order valence-electron chi connectivity index (χ3n) is 5.21. The summed E-state index contributed by atoms with van der Waals surface area (Å²) >= 11 is 0. The molecule has 27 heavy (non-hydrogen) atoms. The highest BCUT2D eigenvalue weighted by molar-refractivity contribution is 7.88. The van der Waals surface area contributed by atoms with Gasteiger partial charge in [-0.25, -0.2) is 13.1 Å². The van der Waals surface area contributed by atoms with Gasteiger partial charge in [0.2, 0.25) is 15.9 Å². The normalized spacial score (nSPS) is 19.8. The summed E-state index contributed by atoms with van der Waals surface area (Å²) in [6, 6.07) is 8.04. The van der Waals surface area contributed by atoms with Crippen LogP contribution in [0.25, 0.3) is 0 Å². The van der Waals surface area contributed by atoms with E-state index in [1.165, 1.54) is 31.2 Å². The highest BCUT2D eigenvalue weighted by Crippen LogP contribution is 2.22. The van der Waals surface area contributed by atoms with Crippen LogP contribution in [-0.4, -0.2) is 64.2 Å². The monoisotopic (exact) mass is 394 g/mol. The number of nitrogens with zero attached hydrogens (tertiary/aromatic N) is 2. The molecule has 150 valence electrons. The summed E-state index contributed by atoms with van der Waals surface area (Å²) in [6.45, 7) is 3.98. The highest BCUT2D eigenvalue weighted by Gasteiger charge is 2.22. The van der Waals surface area contributed by atoms with Crippen molar-refractivity contribution in [3.63, 3.8) is 0 Å². The molecule has 0 saturated carbocycles. The molecule has 0 atom stereocenters. The summed E-state index contributed by atoms with van der Waals surface area (Å²) in [7, 11) is -3.17. The van der Waals surface area contributed by atoms with Crippen molar-refractivity contribution in [2.75, 3.05) is 49.2 Å². The number of hydrogen-bond donors (Lipinski definition) is 2. The Labute approximate surface area is 162 Å². The minimum Gasteiger partial charge on any atom is -0.372 e. The van der Waals surface area contributed by atoms with E-state index in [2.05, 4.69) is 32.0 Å². The number of likely N-dealkylation sites (tertiary alicyclic amines) is 1. The average Bonchev–Trinajstić information content (AvgIpc) is 2.63. The van der Waals surface area contributed by atoms with Crippen LogP contribution in [-0.2, 0) is 14.8 Å². The molecule has 0 radical (unpaired) electrons. The van der Waals surface area contributed by atoms with Crippen molar-refractivity contribution in [1.29, 1.82) is 0 Å². The van der Waals surface area contributed by atoms with Crippen molar-refractivity contribution in [2.45, 2.75) is 38.1 Å². The fourth-order valence-electron chi connectivity index (χ4n) is 3.82. The molecule has 0 bridgehead atoms. The van der Waals surface area contributed by atoms with Gasteiger partial charge in [0.05, 0.1) is 12.8 Å². The third kappa shape index (κ3) is 6.48. The van der Waals surface area contributed by atoms with E-state index in [9.17, 15) is 13.2 Å². The zero-order chi connectivity index (χ0) is 19.3. The second-order valence-corrected chi connectivity index (χ2v) is 9.36. The minimum absolute atomic E-state index is 0.0263. The summed E-state index contributed by atoms with van der Waals surface area (Å²) in [6.07, 6.45) is 6.44. The molecular formula is C19H30N4O3S. The van der Waals surface area contributed by atoms with Gasteiger partial charge < -0.3 is 10.2 Å². The van der Waals surface area contributed by atoms with Crippen LogP contribution in [0.2, 0.25) is 0 Å². The van der Waals surface area contributed by atoms with Gasteiger partial charge in [-0.1, -0.05) is 0 Å². The fraction of sp³-hybridized carbons (Fsp3) is 0.632. The number of nitrogens with one attached hydrogen (secondary N) is 2. The molecule has 0 aliphatic carbocycles. The van der Waals surface area contributed by atoms with Crippen molar-refractivity contribution in [3.05, 3.63) is 24.3 Å². The molecule has 2 saturated heterocycles. The van der Waals surface area contributed by atoms with Crippen LogP contribution in [0.4, 0.5) is 11.4 Å². The molecule has 8 heteroatoms. The molecule has 2 fully saturated rings. The van der Waals surface area contributed by atoms with Crippen molar-refractivity contribution < 1.29 is 13.2 Å². The van der Waals surface area contributed by atoms with Gasteiger partial charge in [-0.3, -0.25) is 9.69 Å². The lowest BCUT2D eigenvalue weighted by Gasteiger charge is -2.31. The first-order valence-electron chi connectivity index (χ1n) is 9.73. The van der Waals surface area contributed by atoms with Gasteiger partial charge in [0.1, 0.15) is 0 Å². The zero-order valence-electron chi connectivity index (χ0n) is 16.0. The van der Waals surface area contributed by atoms with Crippen molar-refractivity contribution in [2.24, 2.45) is 0 Å². The molecule has 3 rings (SSSR count). The van der Waals surface area contributed by atoms with Crippen LogP contribution in [0.5, 0.6) is 0 Å². The molecule has 1 aromatic rings. The molecule has 2 aliphatic rings. The Morgan fingerprint density at radius 3 is 2.26 bits per heavy atom. The average molecular weight is 395 g/mol. The van der Waals surface area contributed by atoms with E-state index in [4.69, 9.17) is 0 Å². The number of sulfonamides is 1. The maximum atomic E-state index is 12.3. The number of hydrogen-bond acceptors (Lipinski definition) is 5. The number of amides is 1. The van der Waals surface area contributed by atoms with Crippen LogP contribution in [0, 0.1) is 0 Å². The summed E-state index contributed by atoms with van der Waals surface area (Å²) in [4.78, 5) is 16.8. The van der Waals surface area contributed by atoms with Gasteiger partial charge in [-0.2, -0.15) is 0 Å². The van der Waals surface area contributed by atoms with Crippen LogP contribution >= 0.6 is 0 Å². The third-order valence-corrected chi connectivity index (χ3v) is 5.97. The van der Waals surface area contributed by atoms with Crippen molar-refractivity contribution in [3.8, 4) is 0 Å². The zero-order valence-corrected chi connectivity index (χ0v) is 16.8. The first-order valence-corrected chi connectivity index (χ1v) is 11.6. The van der Waals surface area contributed by atoms with Crippen LogP contribution < -0.4 is 14.9 Å². The van der Waals surface area contributed by atoms with E-state index in [0.717, 1.165) is 31.6 Å². The minimum atomic E-state index is -3.17. The number of anilines is 2. The number of carbonyl (C=O) groups excluding carboxylic acids is 1. The number of piperidine rings is 2. The van der Waals surface area contributed by atoms with Gasteiger partial charge >= 0.3 is 0 Å². The van der Waals surface area contributed by atoms with E-state index in [-0.39, 0.29) is 11.9 Å². The molecule has 2 heterocycles. The number of carbonyl (C=O) groups is 1. The van der Waals surface area contributed by atoms with Gasteiger partial charge in [0, 0.05) is 43.6 Å². The highest BCUT2D eigenvalue weighted by atomic mass is 32.2. The molecular weight excluding hydrogens is 364 g/mol. The first kappa shape index (κ1) is 20.1. The quantitative estimate of drug-likeness (QED) is 0.766. The van der Waals surface area contributed by atoms with Crippen molar-refractivity contribution in [1.82, 2.24) is 9.62 Å². The first-order chi connectivity index (χ1) is 12.9. The standard InChI is InChI=1S/C19H30N4O3S/c1-27(25,26)21-17-9-13-22(14-10-17)15-19(24)20-16-5-7-18(8-6-16)23-11-3-2-4-12-23/h5-8,17,21H,2-4,9-15H2,1H3,(H,20,24). The van der Waals surface area contributed by atoms with E-state index in [0.29, 0.717) is 19.6 Å². The van der Waals surface area contributed by atoms with E-state index in [1.54, 1.807) is 0 Å². The van der Waals surface area contributed by atoms with Gasteiger partial charge in [-0.15, -0.1) is 0 Å². The predicted octanol–water partition coefficient (Wildman–Crippen LogP) is 1.63. The Morgan fingerprint density at radius 2 is 1.67 bits per heavy atom. The summed E-state index contributed by atoms with van der Waals surface area (Å²) in [5.41, 5.74) is 2.03. The maximum Gasteiger partial charge on any atom is 0.238 e. The van der Waals surface area contributed by atoms with E-state index < -0.39 is 10.0 Å². The van der Waals surface area contributed by atoms with Gasteiger partial charge in [-0.05, 0) is 56.4 Å². The molecule has 0 unspecified atom stereocenters. The lowest BCUT2D eigenvalue weighted by atomic mass is 10.1. The lowest BCUT2D eigenvalue weighted by Crippen LogP contribution is -2.46. The molecule has 2 aliphatic heterocycles. The van der Waals surface area contributed by atoms with Crippen LogP contribution in [0.3, 0.4) is 0 Å². The van der Waals surface area contributed by atoms with Crippen LogP contribution in [0.15, 0.2) is 24.3 Å². The smallest absolute Gasteiger partial charge is 0.238 e. The van der Waals surface area contributed by atoms with Crippen LogP contribution in [0.1, 0.15) is 32.1 Å². The number of benzene rings is 1. The maximum absolute atomic E-state index is 12.3. The second-order valence-electron chi connectivity index (χ2n) is 7.58. The Hall–Kier alpha value is -1.64. The topological polar surface area (TPSA) is 81.8 Å². The largest absolute Gasteiger partial charge is 0.372 e. The molecule has 0 aromatic heterocycles. The Kier molecular flexibility index (Phi) is 6.73. The van der Waals surface area contributed by atoms with Gasteiger partial charge in [0.25, 0.3) is 0 Å². The van der Waals surface area contributed by atoms with Gasteiger partial charge in [0.15, 0.2) is 0 Å². The Balaban J connectivity index is 1.43. The Morgan fingerprint density at radius 1 is 1.04 bits per heavy atom. The molecule has 7 nitrogen and oxygen atoms in total. The molecule has 1 amide bonds. The summed E-state index contributed by atoms with van der Waals surface area (Å²) < 4.78 is 25.2. The SMILES string of the molecule is CS(=O)(=O)NC1CCN(CC(=O)Nc2ccc(N3CCCCC3)cc2)CC1. The summed E-state index contributed by atoms with van der Waals surface area (Å²) in [5, 5.41) is 2.96. The van der Waals surface area contributed by atoms with E-state index in [1.807, 2.05) is 12.1 Å². The molecule has 1 aromatic carbocycles. The molecule has 2 N–H and O–H groups in total. The lowest BCUT2D eigenvalue weighted by molar-refractivity contribution is -0.117. The van der Waals surface area contributed by atoms with Crippen molar-refractivity contribution >= 4 is 27.3 Å². The predicted molar refractivity (Wildman–Crippen MR) is 109 cm³/mol. The second kappa shape index (κ2) is 9.03.